The lowest BCUT2D eigenvalue weighted by Crippen LogP contribution is -2.47. The van der Waals surface area contributed by atoms with E-state index in [2.05, 4.69) is 22.8 Å². The summed E-state index contributed by atoms with van der Waals surface area (Å²) >= 11 is 0. The largest absolute Gasteiger partial charge is 0.508 e. The molecule has 2 rings (SSSR count). The number of nitrogens with one attached hydrogen (secondary N) is 2. The first kappa shape index (κ1) is 26.9. The van der Waals surface area contributed by atoms with Gasteiger partial charge in [0.1, 0.15) is 11.8 Å². The van der Waals surface area contributed by atoms with Crippen molar-refractivity contribution in [1.29, 1.82) is 0 Å². The van der Waals surface area contributed by atoms with Crippen molar-refractivity contribution in [2.75, 3.05) is 0 Å². The minimum atomic E-state index is -1.16. The number of nitro benzene ring substituents is 2. The molecule has 0 aliphatic rings. The van der Waals surface area contributed by atoms with E-state index in [1.165, 1.54) is 12.1 Å². The summed E-state index contributed by atoms with van der Waals surface area (Å²) in [4.78, 5) is 46.3. The third-order valence-corrected chi connectivity index (χ3v) is 5.08. The van der Waals surface area contributed by atoms with Crippen molar-refractivity contribution in [1.82, 2.24) is 10.7 Å². The molecule has 2 amide bonds. The van der Waals surface area contributed by atoms with Gasteiger partial charge in [0, 0.05) is 24.3 Å². The molecule has 0 fully saturated rings. The Bertz CT molecular complexity index is 1080. The van der Waals surface area contributed by atoms with Gasteiger partial charge in [0.25, 0.3) is 23.2 Å². The first-order valence-corrected chi connectivity index (χ1v) is 11.0. The lowest BCUT2D eigenvalue weighted by atomic mass is 10.0. The van der Waals surface area contributed by atoms with Crippen LogP contribution >= 0.6 is 0 Å². The third kappa shape index (κ3) is 8.50. The van der Waals surface area contributed by atoms with Crippen LogP contribution in [-0.2, 0) is 11.2 Å². The van der Waals surface area contributed by atoms with Gasteiger partial charge in [-0.1, -0.05) is 31.9 Å². The van der Waals surface area contributed by atoms with Crippen LogP contribution in [0.1, 0.15) is 55.5 Å². The number of unbranched alkanes of at least 4 members (excludes halogenated alkanes) is 2. The Morgan fingerprint density at radius 3 is 2.17 bits per heavy atom. The number of nitrogens with zero attached hydrogens (tertiary/aromatic N) is 3. The van der Waals surface area contributed by atoms with Crippen molar-refractivity contribution in [3.63, 3.8) is 0 Å². The number of carbonyl (C=O) groups is 2. The van der Waals surface area contributed by atoms with Crippen LogP contribution < -0.4 is 10.7 Å². The highest BCUT2D eigenvalue weighted by atomic mass is 16.6. The van der Waals surface area contributed by atoms with Gasteiger partial charge in [0.2, 0.25) is 0 Å². The van der Waals surface area contributed by atoms with Crippen molar-refractivity contribution in [2.24, 2.45) is 5.10 Å². The van der Waals surface area contributed by atoms with Crippen LogP contribution in [0.5, 0.6) is 5.75 Å². The molecule has 0 aliphatic carbocycles. The van der Waals surface area contributed by atoms with Gasteiger partial charge in [-0.3, -0.25) is 29.8 Å². The number of carbonyl (C=O) groups excluding carboxylic acids is 2. The molecule has 0 spiro atoms. The van der Waals surface area contributed by atoms with Crippen LogP contribution in [0.3, 0.4) is 0 Å². The summed E-state index contributed by atoms with van der Waals surface area (Å²) in [5.74, 6) is -1.52. The summed E-state index contributed by atoms with van der Waals surface area (Å²) in [5.41, 5.74) is 2.14. The van der Waals surface area contributed by atoms with Gasteiger partial charge in [-0.15, -0.1) is 0 Å². The number of hydrazone groups is 1. The smallest absolute Gasteiger partial charge is 0.277 e. The second-order valence-electron chi connectivity index (χ2n) is 7.93. The summed E-state index contributed by atoms with van der Waals surface area (Å²) < 4.78 is 0. The summed E-state index contributed by atoms with van der Waals surface area (Å²) in [6.45, 7) is 3.84. The number of phenolic OH excluding ortho intramolecular Hbond substituents is 1. The van der Waals surface area contributed by atoms with Crippen LogP contribution in [0.25, 0.3) is 0 Å². The average Bonchev–Trinajstić information content (AvgIpc) is 2.83. The van der Waals surface area contributed by atoms with E-state index in [1.807, 2.05) is 0 Å². The van der Waals surface area contributed by atoms with E-state index in [-0.39, 0.29) is 17.7 Å². The maximum Gasteiger partial charge on any atom is 0.277 e. The second kappa shape index (κ2) is 12.8. The molecule has 0 bridgehead atoms. The number of amides is 2. The number of nitro groups is 2. The minimum absolute atomic E-state index is 0.0132. The first-order chi connectivity index (χ1) is 16.6. The van der Waals surface area contributed by atoms with E-state index >= 15 is 0 Å². The second-order valence-corrected chi connectivity index (χ2v) is 7.93. The normalized spacial score (nSPS) is 12.0. The van der Waals surface area contributed by atoms with E-state index in [4.69, 9.17) is 0 Å². The zero-order chi connectivity index (χ0) is 26.0. The molecule has 0 aromatic heterocycles. The number of hydrogen-bond donors (Lipinski definition) is 3. The Morgan fingerprint density at radius 1 is 1.03 bits per heavy atom. The highest BCUT2D eigenvalue weighted by molar-refractivity contribution is 5.98. The van der Waals surface area contributed by atoms with Crippen LogP contribution in [0.15, 0.2) is 47.6 Å². The lowest BCUT2D eigenvalue weighted by molar-refractivity contribution is -0.394. The number of rotatable bonds is 12. The molecule has 12 heteroatoms. The molecule has 0 unspecified atom stereocenters. The van der Waals surface area contributed by atoms with E-state index in [0.29, 0.717) is 17.7 Å². The highest BCUT2D eigenvalue weighted by Crippen LogP contribution is 2.23. The van der Waals surface area contributed by atoms with Crippen LogP contribution in [0.4, 0.5) is 11.4 Å². The molecule has 35 heavy (non-hydrogen) atoms. The van der Waals surface area contributed by atoms with Crippen LogP contribution in [-0.4, -0.2) is 38.5 Å². The molecule has 186 valence electrons. The lowest BCUT2D eigenvalue weighted by Gasteiger charge is -2.18. The standard InChI is InChI=1S/C23H27N5O7/c1-3-4-5-6-15(2)25-26-23(31)21(11-16-7-9-20(29)10-8-16)24-22(30)17-12-18(27(32)33)14-19(13-17)28(34)35/h7-10,12-14,21,29H,3-6,11H2,1-2H3,(H,24,30)(H,26,31)/b25-15-/t21-/m1/s1. The molecule has 3 N–H and O–H groups in total. The molecule has 0 saturated heterocycles. The van der Waals surface area contributed by atoms with Gasteiger partial charge >= 0.3 is 0 Å². The fourth-order valence-electron chi connectivity index (χ4n) is 3.17. The zero-order valence-electron chi connectivity index (χ0n) is 19.4. The molecule has 2 aromatic rings. The molecular formula is C23H27N5O7. The zero-order valence-corrected chi connectivity index (χ0v) is 19.4. The Kier molecular flexibility index (Phi) is 9.82. The van der Waals surface area contributed by atoms with Crippen molar-refractivity contribution in [3.8, 4) is 5.75 Å². The van der Waals surface area contributed by atoms with E-state index in [1.54, 1.807) is 19.1 Å². The number of benzene rings is 2. The highest BCUT2D eigenvalue weighted by Gasteiger charge is 2.25. The van der Waals surface area contributed by atoms with Gasteiger partial charge in [0.05, 0.1) is 21.5 Å². The SMILES string of the molecule is CCCCC/C(C)=N\NC(=O)[C@@H](Cc1ccc(O)cc1)NC(=O)c1cc([N+](=O)[O-])cc([N+](=O)[O-])c1. The van der Waals surface area contributed by atoms with Gasteiger partial charge in [-0.2, -0.15) is 5.10 Å². The maximum absolute atomic E-state index is 12.9. The van der Waals surface area contributed by atoms with Crippen molar-refractivity contribution < 1.29 is 24.5 Å². The Labute approximate surface area is 201 Å². The van der Waals surface area contributed by atoms with Crippen molar-refractivity contribution in [2.45, 2.75) is 52.0 Å². The predicted molar refractivity (Wildman–Crippen MR) is 128 cm³/mol. The molecule has 0 heterocycles. The van der Waals surface area contributed by atoms with Crippen LogP contribution in [0.2, 0.25) is 0 Å². The number of hydrogen-bond acceptors (Lipinski definition) is 8. The molecular weight excluding hydrogens is 458 g/mol. The number of aromatic hydroxyl groups is 1. The van der Waals surface area contributed by atoms with E-state index < -0.39 is 39.1 Å². The predicted octanol–water partition coefficient (Wildman–Crippen LogP) is 3.62. The fourth-order valence-corrected chi connectivity index (χ4v) is 3.17. The summed E-state index contributed by atoms with van der Waals surface area (Å²) in [6, 6.07) is 7.36. The van der Waals surface area contributed by atoms with Gasteiger partial charge in [-0.05, 0) is 37.5 Å². The van der Waals surface area contributed by atoms with Gasteiger partial charge < -0.3 is 10.4 Å². The van der Waals surface area contributed by atoms with Gasteiger partial charge in [0.15, 0.2) is 0 Å². The molecule has 0 radical (unpaired) electrons. The quantitative estimate of drug-likeness (QED) is 0.178. The summed E-state index contributed by atoms with van der Waals surface area (Å²) in [5, 5.41) is 38.3. The molecule has 0 saturated carbocycles. The topological polar surface area (TPSA) is 177 Å². The Balaban J connectivity index is 2.27. The summed E-state index contributed by atoms with van der Waals surface area (Å²) in [6.07, 6.45) is 3.69. The monoisotopic (exact) mass is 485 g/mol. The molecule has 0 aliphatic heterocycles. The third-order valence-electron chi connectivity index (χ3n) is 5.08. The number of phenols is 1. The first-order valence-electron chi connectivity index (χ1n) is 11.0. The Hall–Kier alpha value is -4.35. The Morgan fingerprint density at radius 2 is 1.63 bits per heavy atom. The average molecular weight is 485 g/mol. The fraction of sp³-hybridized carbons (Fsp3) is 0.348. The van der Waals surface area contributed by atoms with Crippen LogP contribution in [0, 0.1) is 20.2 Å². The molecule has 2 aromatic carbocycles. The van der Waals surface area contributed by atoms with Crippen molar-refractivity contribution in [3.05, 3.63) is 73.8 Å². The summed E-state index contributed by atoms with van der Waals surface area (Å²) in [7, 11) is 0. The minimum Gasteiger partial charge on any atom is -0.508 e. The maximum atomic E-state index is 12.9. The van der Waals surface area contributed by atoms with E-state index in [9.17, 15) is 34.9 Å². The van der Waals surface area contributed by atoms with Gasteiger partial charge in [-0.25, -0.2) is 5.43 Å². The van der Waals surface area contributed by atoms with E-state index in [0.717, 1.165) is 37.5 Å². The molecule has 12 nitrogen and oxygen atoms in total. The molecule has 1 atom stereocenters. The number of non-ortho nitro benzene ring substituents is 2. The van der Waals surface area contributed by atoms with Crippen molar-refractivity contribution >= 4 is 28.9 Å².